The highest BCUT2D eigenvalue weighted by Crippen LogP contribution is 1.87. The summed E-state index contributed by atoms with van der Waals surface area (Å²) in [7, 11) is 4.02. The van der Waals surface area contributed by atoms with Gasteiger partial charge in [-0.15, -0.1) is 12.4 Å². The molecule has 0 fully saturated rings. The quantitative estimate of drug-likeness (QED) is 0.584. The Morgan fingerprint density at radius 1 is 0.846 bits per heavy atom. The van der Waals surface area contributed by atoms with E-state index < -0.39 is 0 Å². The molecule has 5 heteroatoms. The van der Waals surface area contributed by atoms with Crippen LogP contribution in [0.2, 0.25) is 0 Å². The van der Waals surface area contributed by atoms with Gasteiger partial charge in [0.15, 0.2) is 0 Å². The van der Waals surface area contributed by atoms with Gasteiger partial charge in [-0.3, -0.25) is 4.90 Å². The molecule has 0 unspecified atom stereocenters. The summed E-state index contributed by atoms with van der Waals surface area (Å²) in [5.74, 6) is 0. The minimum Gasteiger partial charge on any atom is -0.395 e. The normalized spacial score (nSPS) is 10.6. The van der Waals surface area contributed by atoms with Gasteiger partial charge < -0.3 is 15.1 Å². The molecule has 82 valence electrons. The number of hydrogen-bond donors (Lipinski definition) is 2. The summed E-state index contributed by atoms with van der Waals surface area (Å²) in [6, 6.07) is 0. The van der Waals surface area contributed by atoms with E-state index in [4.69, 9.17) is 10.2 Å². The smallest absolute Gasteiger partial charge is 0.0558 e. The number of aliphatic hydroxyl groups excluding tert-OH is 2. The number of hydrogen-bond acceptors (Lipinski definition) is 4. The van der Waals surface area contributed by atoms with Crippen molar-refractivity contribution in [3.05, 3.63) is 0 Å². The molecule has 0 aliphatic rings. The average molecular weight is 213 g/mol. The maximum Gasteiger partial charge on any atom is 0.0558 e. The van der Waals surface area contributed by atoms with E-state index in [9.17, 15) is 0 Å². The summed E-state index contributed by atoms with van der Waals surface area (Å²) < 4.78 is 0. The van der Waals surface area contributed by atoms with E-state index in [-0.39, 0.29) is 25.6 Å². The first kappa shape index (κ1) is 15.6. The summed E-state index contributed by atoms with van der Waals surface area (Å²) in [6.45, 7) is 3.47. The van der Waals surface area contributed by atoms with Crippen LogP contribution in [0.3, 0.4) is 0 Å². The molecule has 4 nitrogen and oxygen atoms in total. The van der Waals surface area contributed by atoms with E-state index in [1.165, 1.54) is 0 Å². The van der Waals surface area contributed by atoms with Gasteiger partial charge in [0.25, 0.3) is 0 Å². The molecule has 0 aromatic rings. The standard InChI is InChI=1S/C8H20N2O2.ClH/c1-9(2)3-4-10(5-7-11)6-8-12;/h11-12H,3-8H2,1-2H3;1H. The average Bonchev–Trinajstić information content (AvgIpc) is 2.01. The van der Waals surface area contributed by atoms with Crippen LogP contribution in [0.15, 0.2) is 0 Å². The number of halogens is 1. The second-order valence-electron chi connectivity index (χ2n) is 3.09. The highest BCUT2D eigenvalue weighted by molar-refractivity contribution is 5.85. The Kier molecular flexibility index (Phi) is 12.3. The molecule has 0 saturated carbocycles. The fraction of sp³-hybridized carbons (Fsp3) is 1.00. The van der Waals surface area contributed by atoms with E-state index in [1.54, 1.807) is 0 Å². The summed E-state index contributed by atoms with van der Waals surface area (Å²) >= 11 is 0. The Bertz CT molecular complexity index is 98.1. The maximum atomic E-state index is 8.69. The Morgan fingerprint density at radius 3 is 1.62 bits per heavy atom. The largest absolute Gasteiger partial charge is 0.395 e. The Balaban J connectivity index is 0. The monoisotopic (exact) mass is 212 g/mol. The number of likely N-dealkylation sites (N-methyl/N-ethyl adjacent to an activating group) is 1. The fourth-order valence-corrected chi connectivity index (χ4v) is 0.960. The fourth-order valence-electron chi connectivity index (χ4n) is 0.960. The van der Waals surface area contributed by atoms with Gasteiger partial charge in [0, 0.05) is 26.2 Å². The molecule has 0 aliphatic carbocycles. The van der Waals surface area contributed by atoms with Crippen molar-refractivity contribution in [3.8, 4) is 0 Å². The molecule has 2 N–H and O–H groups in total. The van der Waals surface area contributed by atoms with Crippen LogP contribution in [0.4, 0.5) is 0 Å². The van der Waals surface area contributed by atoms with E-state index in [0.29, 0.717) is 13.1 Å². The molecule has 0 aliphatic heterocycles. The van der Waals surface area contributed by atoms with Gasteiger partial charge in [0.1, 0.15) is 0 Å². The minimum atomic E-state index is 0. The minimum absolute atomic E-state index is 0. The van der Waals surface area contributed by atoms with Crippen LogP contribution >= 0.6 is 12.4 Å². The second-order valence-corrected chi connectivity index (χ2v) is 3.09. The second kappa shape index (κ2) is 10.2. The van der Waals surface area contributed by atoms with Crippen LogP contribution in [0.25, 0.3) is 0 Å². The molecule has 0 saturated heterocycles. The molecule has 0 bridgehead atoms. The SMILES string of the molecule is CN(C)CCN(CCO)CCO.Cl. The third kappa shape index (κ3) is 10.0. The Labute approximate surface area is 86.6 Å². The highest BCUT2D eigenvalue weighted by atomic mass is 35.5. The molecule has 0 amide bonds. The van der Waals surface area contributed by atoms with Gasteiger partial charge >= 0.3 is 0 Å². The van der Waals surface area contributed by atoms with Crippen molar-refractivity contribution in [2.24, 2.45) is 0 Å². The first-order valence-corrected chi connectivity index (χ1v) is 4.29. The van der Waals surface area contributed by atoms with E-state index in [2.05, 4.69) is 4.90 Å². The number of aliphatic hydroxyl groups is 2. The lowest BCUT2D eigenvalue weighted by molar-refractivity contribution is 0.152. The molecule has 0 atom stereocenters. The predicted octanol–water partition coefficient (Wildman–Crippen LogP) is -0.744. The zero-order valence-corrected chi connectivity index (χ0v) is 9.26. The predicted molar refractivity (Wildman–Crippen MR) is 56.4 cm³/mol. The molecule has 0 radical (unpaired) electrons. The highest BCUT2D eigenvalue weighted by Gasteiger charge is 2.02. The van der Waals surface area contributed by atoms with Gasteiger partial charge in [-0.1, -0.05) is 0 Å². The number of rotatable bonds is 7. The summed E-state index contributed by atoms with van der Waals surface area (Å²) in [6.07, 6.45) is 0. The molecule has 0 spiro atoms. The van der Waals surface area contributed by atoms with Gasteiger partial charge in [-0.25, -0.2) is 0 Å². The van der Waals surface area contributed by atoms with E-state index >= 15 is 0 Å². The van der Waals surface area contributed by atoms with E-state index in [1.807, 2.05) is 19.0 Å². The van der Waals surface area contributed by atoms with Gasteiger partial charge in [0.2, 0.25) is 0 Å². The zero-order chi connectivity index (χ0) is 9.40. The molecule has 0 aromatic carbocycles. The molecule has 13 heavy (non-hydrogen) atoms. The molecular formula is C8H21ClN2O2. The summed E-state index contributed by atoms with van der Waals surface area (Å²) in [4.78, 5) is 4.13. The number of nitrogens with zero attached hydrogens (tertiary/aromatic N) is 2. The van der Waals surface area contributed by atoms with Crippen LogP contribution < -0.4 is 0 Å². The van der Waals surface area contributed by atoms with Crippen LogP contribution in [0, 0.1) is 0 Å². The lowest BCUT2D eigenvalue weighted by Crippen LogP contribution is -2.35. The van der Waals surface area contributed by atoms with Gasteiger partial charge in [0.05, 0.1) is 13.2 Å². The Morgan fingerprint density at radius 2 is 1.31 bits per heavy atom. The van der Waals surface area contributed by atoms with E-state index in [0.717, 1.165) is 13.1 Å². The summed E-state index contributed by atoms with van der Waals surface area (Å²) in [5.41, 5.74) is 0. The topological polar surface area (TPSA) is 46.9 Å². The first-order chi connectivity index (χ1) is 5.70. The van der Waals surface area contributed by atoms with Crippen LogP contribution in [-0.4, -0.2) is 73.5 Å². The molecular weight excluding hydrogens is 192 g/mol. The van der Waals surface area contributed by atoms with Crippen molar-refractivity contribution in [1.82, 2.24) is 9.80 Å². The van der Waals surface area contributed by atoms with Crippen molar-refractivity contribution >= 4 is 12.4 Å². The van der Waals surface area contributed by atoms with Crippen LogP contribution in [0.1, 0.15) is 0 Å². The van der Waals surface area contributed by atoms with Crippen molar-refractivity contribution in [2.75, 3.05) is 53.5 Å². The van der Waals surface area contributed by atoms with Gasteiger partial charge in [-0.2, -0.15) is 0 Å². The molecule has 0 heterocycles. The third-order valence-electron chi connectivity index (χ3n) is 1.70. The summed E-state index contributed by atoms with van der Waals surface area (Å²) in [5, 5.41) is 17.4. The van der Waals surface area contributed by atoms with Crippen LogP contribution in [0.5, 0.6) is 0 Å². The van der Waals surface area contributed by atoms with Crippen molar-refractivity contribution < 1.29 is 10.2 Å². The van der Waals surface area contributed by atoms with Crippen molar-refractivity contribution in [2.45, 2.75) is 0 Å². The van der Waals surface area contributed by atoms with Crippen molar-refractivity contribution in [1.29, 1.82) is 0 Å². The maximum absolute atomic E-state index is 8.69. The van der Waals surface area contributed by atoms with Gasteiger partial charge in [-0.05, 0) is 14.1 Å². The lowest BCUT2D eigenvalue weighted by atomic mass is 10.4. The van der Waals surface area contributed by atoms with Crippen LogP contribution in [-0.2, 0) is 0 Å². The molecule has 0 aromatic heterocycles. The third-order valence-corrected chi connectivity index (χ3v) is 1.70. The molecule has 0 rings (SSSR count). The zero-order valence-electron chi connectivity index (χ0n) is 8.44. The first-order valence-electron chi connectivity index (χ1n) is 4.29. The van der Waals surface area contributed by atoms with Crippen molar-refractivity contribution in [3.63, 3.8) is 0 Å². The lowest BCUT2D eigenvalue weighted by Gasteiger charge is -2.21. The Hall–Kier alpha value is 0.130.